The molecule has 1 aromatic heterocycles. The Labute approximate surface area is 204 Å². The third-order valence-electron chi connectivity index (χ3n) is 5.62. The summed E-state index contributed by atoms with van der Waals surface area (Å²) in [6.07, 6.45) is 3.23. The number of nitrogens with one attached hydrogen (secondary N) is 4. The highest BCUT2D eigenvalue weighted by Gasteiger charge is 2.30. The number of nitrogens with two attached hydrogens (primary N) is 2. The number of unbranched alkanes of at least 4 members (excludes halogenated alkanes) is 1. The Morgan fingerprint density at radius 3 is 2.31 bits per heavy atom. The molecule has 0 aliphatic carbocycles. The van der Waals surface area contributed by atoms with Crippen LogP contribution in [0.25, 0.3) is 10.9 Å². The highest BCUT2D eigenvalue weighted by molar-refractivity contribution is 5.95. The fourth-order valence-corrected chi connectivity index (χ4v) is 3.50. The summed E-state index contributed by atoms with van der Waals surface area (Å²) in [5.74, 6) is -2.93. The van der Waals surface area contributed by atoms with Crippen molar-refractivity contribution in [2.75, 3.05) is 6.54 Å². The lowest BCUT2D eigenvalue weighted by molar-refractivity contribution is -0.142. The van der Waals surface area contributed by atoms with E-state index in [2.05, 4.69) is 20.9 Å². The molecule has 0 saturated carbocycles. The molecule has 0 saturated heterocycles. The summed E-state index contributed by atoms with van der Waals surface area (Å²) in [5.41, 5.74) is 11.7. The molecular weight excluding hydrogens is 452 g/mol. The van der Waals surface area contributed by atoms with Gasteiger partial charge in [0.25, 0.3) is 0 Å². The monoisotopic (exact) mass is 488 g/mol. The fourth-order valence-electron chi connectivity index (χ4n) is 3.50. The number of aromatic amines is 1. The van der Waals surface area contributed by atoms with Crippen LogP contribution < -0.4 is 27.4 Å². The molecule has 0 radical (unpaired) electrons. The lowest BCUT2D eigenvalue weighted by atomic mass is 10.0. The van der Waals surface area contributed by atoms with E-state index in [4.69, 9.17) is 11.5 Å². The first kappa shape index (κ1) is 27.8. The zero-order valence-corrected chi connectivity index (χ0v) is 20.4. The minimum absolute atomic E-state index is 0.111. The Hall–Kier alpha value is -3.44. The van der Waals surface area contributed by atoms with Crippen molar-refractivity contribution < 1.29 is 24.3 Å². The van der Waals surface area contributed by atoms with Gasteiger partial charge in [-0.3, -0.25) is 14.4 Å². The summed E-state index contributed by atoms with van der Waals surface area (Å²) in [7, 11) is 0. The number of carboxylic acid groups (broad SMARTS) is 1. The predicted molar refractivity (Wildman–Crippen MR) is 132 cm³/mol. The van der Waals surface area contributed by atoms with Gasteiger partial charge in [-0.1, -0.05) is 18.2 Å². The largest absolute Gasteiger partial charge is 0.480 e. The number of benzene rings is 1. The molecule has 192 valence electrons. The van der Waals surface area contributed by atoms with Crippen molar-refractivity contribution in [3.63, 3.8) is 0 Å². The van der Waals surface area contributed by atoms with Gasteiger partial charge < -0.3 is 37.5 Å². The molecule has 11 heteroatoms. The first-order valence-corrected chi connectivity index (χ1v) is 11.6. The van der Waals surface area contributed by atoms with Gasteiger partial charge in [-0.15, -0.1) is 0 Å². The van der Waals surface area contributed by atoms with Gasteiger partial charge in [0, 0.05) is 23.5 Å². The fraction of sp³-hybridized carbons (Fsp3) is 0.500. The van der Waals surface area contributed by atoms with Crippen LogP contribution in [0.2, 0.25) is 0 Å². The average Bonchev–Trinajstić information content (AvgIpc) is 3.19. The summed E-state index contributed by atoms with van der Waals surface area (Å²) < 4.78 is 0. The van der Waals surface area contributed by atoms with E-state index in [0.29, 0.717) is 19.4 Å². The number of aromatic nitrogens is 1. The summed E-state index contributed by atoms with van der Waals surface area (Å²) in [5, 5.41) is 18.1. The van der Waals surface area contributed by atoms with Crippen molar-refractivity contribution in [3.8, 4) is 0 Å². The third-order valence-corrected chi connectivity index (χ3v) is 5.62. The van der Waals surface area contributed by atoms with Gasteiger partial charge in [-0.05, 0) is 58.2 Å². The smallest absolute Gasteiger partial charge is 0.326 e. The highest BCUT2D eigenvalue weighted by atomic mass is 16.4. The molecule has 2 aromatic rings. The van der Waals surface area contributed by atoms with E-state index in [1.165, 1.54) is 20.8 Å². The molecule has 3 atom stereocenters. The van der Waals surface area contributed by atoms with Crippen molar-refractivity contribution in [2.24, 2.45) is 11.5 Å². The Kier molecular flexibility index (Phi) is 9.78. The van der Waals surface area contributed by atoms with Crippen molar-refractivity contribution in [2.45, 2.75) is 70.1 Å². The summed E-state index contributed by atoms with van der Waals surface area (Å²) >= 11 is 0. The second kappa shape index (κ2) is 12.3. The molecule has 0 aliphatic heterocycles. The van der Waals surface area contributed by atoms with Crippen molar-refractivity contribution >= 4 is 34.6 Å². The molecule has 35 heavy (non-hydrogen) atoms. The Morgan fingerprint density at radius 2 is 1.69 bits per heavy atom. The molecule has 2 rings (SSSR count). The second-order valence-corrected chi connectivity index (χ2v) is 9.23. The minimum atomic E-state index is -1.19. The number of amides is 3. The predicted octanol–water partition coefficient (Wildman–Crippen LogP) is 0.136. The molecule has 0 aliphatic rings. The van der Waals surface area contributed by atoms with Gasteiger partial charge in [0.1, 0.15) is 18.1 Å². The van der Waals surface area contributed by atoms with Crippen molar-refractivity contribution in [3.05, 3.63) is 36.0 Å². The lowest BCUT2D eigenvalue weighted by Gasteiger charge is -2.25. The van der Waals surface area contributed by atoms with Gasteiger partial charge >= 0.3 is 5.97 Å². The van der Waals surface area contributed by atoms with Crippen LogP contribution in [0.4, 0.5) is 0 Å². The van der Waals surface area contributed by atoms with E-state index in [-0.39, 0.29) is 12.8 Å². The highest BCUT2D eigenvalue weighted by Crippen LogP contribution is 2.19. The van der Waals surface area contributed by atoms with Crippen LogP contribution in [-0.2, 0) is 25.6 Å². The van der Waals surface area contributed by atoms with E-state index >= 15 is 0 Å². The molecule has 0 spiro atoms. The molecule has 1 aromatic carbocycles. The maximum Gasteiger partial charge on any atom is 0.326 e. The number of fused-ring (bicyclic) bond motifs is 1. The summed E-state index contributed by atoms with van der Waals surface area (Å²) in [4.78, 5) is 53.0. The molecule has 11 nitrogen and oxygen atoms in total. The van der Waals surface area contributed by atoms with Crippen molar-refractivity contribution in [1.29, 1.82) is 0 Å². The summed E-state index contributed by atoms with van der Waals surface area (Å²) in [6, 6.07) is 4.33. The molecular formula is C24H36N6O5. The van der Waals surface area contributed by atoms with E-state index in [9.17, 15) is 24.3 Å². The number of carbonyl (C=O) groups is 4. The maximum atomic E-state index is 13.2. The third kappa shape index (κ3) is 8.08. The van der Waals surface area contributed by atoms with Crippen molar-refractivity contribution in [1.82, 2.24) is 20.9 Å². The molecule has 0 bridgehead atoms. The zero-order valence-electron chi connectivity index (χ0n) is 20.4. The topological polar surface area (TPSA) is 192 Å². The number of hydrogen-bond acceptors (Lipinski definition) is 6. The number of carbonyl (C=O) groups excluding carboxylic acids is 3. The van der Waals surface area contributed by atoms with Gasteiger partial charge in [-0.25, -0.2) is 4.79 Å². The van der Waals surface area contributed by atoms with E-state index in [1.54, 1.807) is 6.20 Å². The SMILES string of the molecule is C[C@H](NC(=O)C(C)(C)N)C(=O)N[C@@H](Cc1c[nH]c2ccccc12)C(=O)N[C@@H](CCCCN)C(=O)O. The van der Waals surface area contributed by atoms with Crippen LogP contribution >= 0.6 is 0 Å². The normalized spacial score (nSPS) is 14.1. The van der Waals surface area contributed by atoms with E-state index in [0.717, 1.165) is 16.5 Å². The van der Waals surface area contributed by atoms with E-state index in [1.807, 2.05) is 24.3 Å². The summed E-state index contributed by atoms with van der Waals surface area (Å²) in [6.45, 7) is 4.92. The van der Waals surface area contributed by atoms with Gasteiger partial charge in [0.05, 0.1) is 5.54 Å². The number of H-pyrrole nitrogens is 1. The van der Waals surface area contributed by atoms with Gasteiger partial charge in [0.15, 0.2) is 0 Å². The molecule has 1 heterocycles. The van der Waals surface area contributed by atoms with Crippen LogP contribution in [0, 0.1) is 0 Å². The first-order chi connectivity index (χ1) is 16.4. The Balaban J connectivity index is 2.22. The Bertz CT molecular complexity index is 1040. The molecule has 0 unspecified atom stereocenters. The van der Waals surface area contributed by atoms with Crippen LogP contribution in [0.15, 0.2) is 30.5 Å². The van der Waals surface area contributed by atoms with Crippen LogP contribution in [-0.4, -0.2) is 64.0 Å². The second-order valence-electron chi connectivity index (χ2n) is 9.23. The molecule has 9 N–H and O–H groups in total. The number of carboxylic acids is 1. The van der Waals surface area contributed by atoms with Crippen LogP contribution in [0.1, 0.15) is 45.6 Å². The maximum absolute atomic E-state index is 13.2. The average molecular weight is 489 g/mol. The molecule has 3 amide bonds. The first-order valence-electron chi connectivity index (χ1n) is 11.6. The standard InChI is InChI=1S/C24H36N6O5/c1-14(28-23(35)24(2,3)26)20(31)30-19(12-15-13-27-17-9-5-4-8-16(15)17)21(32)29-18(22(33)34)10-6-7-11-25/h4-5,8-9,13-14,18-19,27H,6-7,10-12,25-26H2,1-3H3,(H,28,35)(H,29,32)(H,30,31)(H,33,34)/t14-,18-,19-/m0/s1. The van der Waals surface area contributed by atoms with Crippen LogP contribution in [0.3, 0.4) is 0 Å². The van der Waals surface area contributed by atoms with Crippen LogP contribution in [0.5, 0.6) is 0 Å². The van der Waals surface area contributed by atoms with Gasteiger partial charge in [-0.2, -0.15) is 0 Å². The minimum Gasteiger partial charge on any atom is -0.480 e. The Morgan fingerprint density at radius 1 is 1.03 bits per heavy atom. The zero-order chi connectivity index (χ0) is 26.2. The molecule has 0 fully saturated rings. The number of hydrogen-bond donors (Lipinski definition) is 7. The lowest BCUT2D eigenvalue weighted by Crippen LogP contribution is -2.58. The number of rotatable bonds is 13. The number of para-hydroxylation sites is 1. The van der Waals surface area contributed by atoms with E-state index < -0.39 is 47.4 Å². The quantitative estimate of drug-likeness (QED) is 0.195. The van der Waals surface area contributed by atoms with Gasteiger partial charge in [0.2, 0.25) is 17.7 Å². The number of aliphatic carboxylic acids is 1.